The number of carbonyl (C=O) groups is 2. The fourth-order valence-corrected chi connectivity index (χ4v) is 4.82. The van der Waals surface area contributed by atoms with Crippen LogP contribution in [0, 0.1) is 5.92 Å². The van der Waals surface area contributed by atoms with E-state index in [0.717, 1.165) is 36.1 Å². The fraction of sp³-hybridized carbons (Fsp3) is 0.562. The standard InChI is InChI=1S/C32H47N3O5/c1-5-26(22-38-4)34-31(36)30(35-32(37)29(19-23(2)3)33-27-15-17-39-18-16-27)20-24-11-13-28(14-12-24)40-21-25-9-7-6-8-10-25/h6-14,23,26-27,29-30,33H,5,15-22H2,1-4H3,(H,34,36)(H,35,37)/t26?,29-,30-/m0/s1. The number of benzene rings is 2. The maximum Gasteiger partial charge on any atom is 0.243 e. The number of hydrogen-bond acceptors (Lipinski definition) is 6. The molecule has 0 saturated carbocycles. The Morgan fingerprint density at radius 1 is 0.925 bits per heavy atom. The summed E-state index contributed by atoms with van der Waals surface area (Å²) in [6, 6.07) is 16.7. The first-order chi connectivity index (χ1) is 19.4. The van der Waals surface area contributed by atoms with Gasteiger partial charge in [0.25, 0.3) is 0 Å². The minimum Gasteiger partial charge on any atom is -0.489 e. The van der Waals surface area contributed by atoms with Gasteiger partial charge in [0.1, 0.15) is 18.4 Å². The van der Waals surface area contributed by atoms with Crippen LogP contribution in [0.2, 0.25) is 0 Å². The third-order valence-electron chi connectivity index (χ3n) is 7.13. The summed E-state index contributed by atoms with van der Waals surface area (Å²) in [4.78, 5) is 27.0. The van der Waals surface area contributed by atoms with Crippen LogP contribution in [0.4, 0.5) is 0 Å². The van der Waals surface area contributed by atoms with Crippen LogP contribution in [-0.2, 0) is 32.1 Å². The summed E-state index contributed by atoms with van der Waals surface area (Å²) in [5.74, 6) is 0.713. The highest BCUT2D eigenvalue weighted by Crippen LogP contribution is 2.17. The van der Waals surface area contributed by atoms with Gasteiger partial charge < -0.3 is 30.2 Å². The summed E-state index contributed by atoms with van der Waals surface area (Å²) in [5.41, 5.74) is 2.03. The fourth-order valence-electron chi connectivity index (χ4n) is 4.82. The predicted molar refractivity (Wildman–Crippen MR) is 157 cm³/mol. The van der Waals surface area contributed by atoms with Crippen LogP contribution in [-0.4, -0.2) is 62.9 Å². The molecule has 3 rings (SSSR count). The molecule has 8 heteroatoms. The third-order valence-corrected chi connectivity index (χ3v) is 7.13. The van der Waals surface area contributed by atoms with E-state index in [4.69, 9.17) is 14.2 Å². The summed E-state index contributed by atoms with van der Waals surface area (Å²) in [6.45, 7) is 8.50. The first kappa shape index (κ1) is 31.6. The summed E-state index contributed by atoms with van der Waals surface area (Å²) in [6.07, 6.45) is 3.53. The van der Waals surface area contributed by atoms with Crippen molar-refractivity contribution in [2.24, 2.45) is 5.92 Å². The molecule has 0 bridgehead atoms. The quantitative estimate of drug-likeness (QED) is 0.291. The van der Waals surface area contributed by atoms with E-state index in [0.29, 0.717) is 45.2 Å². The number of carbonyl (C=O) groups excluding carboxylic acids is 2. The predicted octanol–water partition coefficient (Wildman–Crippen LogP) is 4.02. The van der Waals surface area contributed by atoms with Crippen molar-refractivity contribution >= 4 is 11.8 Å². The van der Waals surface area contributed by atoms with Crippen molar-refractivity contribution in [2.75, 3.05) is 26.9 Å². The maximum atomic E-state index is 13.6. The highest BCUT2D eigenvalue weighted by molar-refractivity contribution is 5.90. The van der Waals surface area contributed by atoms with Crippen LogP contribution in [0.5, 0.6) is 5.75 Å². The topological polar surface area (TPSA) is 97.9 Å². The van der Waals surface area contributed by atoms with Crippen molar-refractivity contribution in [2.45, 2.75) is 83.6 Å². The lowest BCUT2D eigenvalue weighted by atomic mass is 9.99. The van der Waals surface area contributed by atoms with Gasteiger partial charge in [-0.3, -0.25) is 9.59 Å². The molecule has 3 N–H and O–H groups in total. The van der Waals surface area contributed by atoms with Gasteiger partial charge >= 0.3 is 0 Å². The van der Waals surface area contributed by atoms with Gasteiger partial charge in [-0.05, 0) is 54.9 Å². The average molecular weight is 554 g/mol. The van der Waals surface area contributed by atoms with Gasteiger partial charge in [0, 0.05) is 32.8 Å². The zero-order chi connectivity index (χ0) is 28.7. The van der Waals surface area contributed by atoms with Crippen LogP contribution in [0.3, 0.4) is 0 Å². The van der Waals surface area contributed by atoms with Gasteiger partial charge in [-0.1, -0.05) is 63.2 Å². The van der Waals surface area contributed by atoms with Crippen LogP contribution in [0.1, 0.15) is 57.6 Å². The summed E-state index contributed by atoms with van der Waals surface area (Å²) in [7, 11) is 1.62. The largest absolute Gasteiger partial charge is 0.489 e. The van der Waals surface area contributed by atoms with Crippen molar-refractivity contribution < 1.29 is 23.8 Å². The summed E-state index contributed by atoms with van der Waals surface area (Å²) >= 11 is 0. The molecule has 2 aromatic rings. The SMILES string of the molecule is CCC(COC)NC(=O)[C@H](Cc1ccc(OCc2ccccc2)cc1)NC(=O)[C@H](CC(C)C)NC1CCOCC1. The monoisotopic (exact) mass is 553 g/mol. The van der Waals surface area contributed by atoms with Gasteiger partial charge in [0.2, 0.25) is 11.8 Å². The highest BCUT2D eigenvalue weighted by Gasteiger charge is 2.29. The van der Waals surface area contributed by atoms with E-state index in [1.807, 2.05) is 61.5 Å². The molecule has 1 saturated heterocycles. The van der Waals surface area contributed by atoms with Crippen LogP contribution < -0.4 is 20.7 Å². The molecule has 8 nitrogen and oxygen atoms in total. The van der Waals surface area contributed by atoms with Crippen molar-refractivity contribution in [3.63, 3.8) is 0 Å². The zero-order valence-corrected chi connectivity index (χ0v) is 24.5. The van der Waals surface area contributed by atoms with Crippen LogP contribution in [0.25, 0.3) is 0 Å². The minimum absolute atomic E-state index is 0.127. The van der Waals surface area contributed by atoms with E-state index >= 15 is 0 Å². The first-order valence-corrected chi connectivity index (χ1v) is 14.6. The Bertz CT molecular complexity index is 1010. The molecule has 0 spiro atoms. The second-order valence-electron chi connectivity index (χ2n) is 11.0. The van der Waals surface area contributed by atoms with E-state index in [1.54, 1.807) is 7.11 Å². The number of rotatable bonds is 16. The molecule has 0 radical (unpaired) electrons. The Kier molecular flexibility index (Phi) is 13.4. The molecule has 220 valence electrons. The lowest BCUT2D eigenvalue weighted by molar-refractivity contribution is -0.131. The van der Waals surface area contributed by atoms with E-state index in [-0.39, 0.29) is 29.9 Å². The van der Waals surface area contributed by atoms with Crippen molar-refractivity contribution in [3.05, 3.63) is 65.7 Å². The molecule has 1 aliphatic heterocycles. The lowest BCUT2D eigenvalue weighted by Gasteiger charge is -2.30. The van der Waals surface area contributed by atoms with Gasteiger partial charge in [0.05, 0.1) is 18.7 Å². The summed E-state index contributed by atoms with van der Waals surface area (Å²) in [5, 5.41) is 9.68. The second kappa shape index (κ2) is 17.0. The highest BCUT2D eigenvalue weighted by atomic mass is 16.5. The molecule has 0 aromatic heterocycles. The van der Waals surface area contributed by atoms with Crippen LogP contribution >= 0.6 is 0 Å². The Morgan fingerprint density at radius 3 is 2.23 bits per heavy atom. The molecular weight excluding hydrogens is 506 g/mol. The Hall–Kier alpha value is -2.94. The van der Waals surface area contributed by atoms with Crippen molar-refractivity contribution in [3.8, 4) is 5.75 Å². The van der Waals surface area contributed by atoms with Gasteiger partial charge in [-0.2, -0.15) is 0 Å². The zero-order valence-electron chi connectivity index (χ0n) is 24.5. The molecule has 1 heterocycles. The number of ether oxygens (including phenoxy) is 3. The van der Waals surface area contributed by atoms with Crippen molar-refractivity contribution in [1.29, 1.82) is 0 Å². The molecule has 3 atom stereocenters. The molecule has 0 aliphatic carbocycles. The summed E-state index contributed by atoms with van der Waals surface area (Å²) < 4.78 is 16.7. The molecule has 40 heavy (non-hydrogen) atoms. The molecule has 1 fully saturated rings. The minimum atomic E-state index is -0.722. The van der Waals surface area contributed by atoms with E-state index in [1.165, 1.54) is 0 Å². The van der Waals surface area contributed by atoms with Crippen molar-refractivity contribution in [1.82, 2.24) is 16.0 Å². The molecular formula is C32H47N3O5. The normalized spacial score (nSPS) is 16.2. The number of hydrogen-bond donors (Lipinski definition) is 3. The number of nitrogens with one attached hydrogen (secondary N) is 3. The van der Waals surface area contributed by atoms with E-state index in [2.05, 4.69) is 29.8 Å². The second-order valence-corrected chi connectivity index (χ2v) is 11.0. The van der Waals surface area contributed by atoms with Gasteiger partial charge in [-0.15, -0.1) is 0 Å². The third kappa shape index (κ3) is 10.9. The smallest absolute Gasteiger partial charge is 0.243 e. The molecule has 1 aliphatic rings. The van der Waals surface area contributed by atoms with Gasteiger partial charge in [-0.25, -0.2) is 0 Å². The lowest BCUT2D eigenvalue weighted by Crippen LogP contribution is -2.57. The first-order valence-electron chi connectivity index (χ1n) is 14.6. The Labute approximate surface area is 239 Å². The van der Waals surface area contributed by atoms with Gasteiger partial charge in [0.15, 0.2) is 0 Å². The average Bonchev–Trinajstić information content (AvgIpc) is 2.96. The molecule has 2 aromatic carbocycles. The van der Waals surface area contributed by atoms with E-state index in [9.17, 15) is 9.59 Å². The number of methoxy groups -OCH3 is 1. The Balaban J connectivity index is 1.70. The molecule has 2 amide bonds. The Morgan fingerprint density at radius 2 is 1.60 bits per heavy atom. The van der Waals surface area contributed by atoms with E-state index < -0.39 is 6.04 Å². The number of amides is 2. The van der Waals surface area contributed by atoms with Crippen LogP contribution in [0.15, 0.2) is 54.6 Å². The molecule has 1 unspecified atom stereocenters. The maximum absolute atomic E-state index is 13.6.